The van der Waals surface area contributed by atoms with E-state index >= 15 is 0 Å². The van der Waals surface area contributed by atoms with Crippen LogP contribution in [0, 0.1) is 17.3 Å². The minimum atomic E-state index is 0.459. The summed E-state index contributed by atoms with van der Waals surface area (Å²) in [5.41, 5.74) is 6.82. The van der Waals surface area contributed by atoms with Crippen molar-refractivity contribution in [3.8, 4) is 0 Å². The van der Waals surface area contributed by atoms with Gasteiger partial charge in [0.25, 0.3) is 0 Å². The molecule has 2 nitrogen and oxygen atoms in total. The van der Waals surface area contributed by atoms with E-state index in [1.54, 1.807) is 0 Å². The zero-order valence-corrected chi connectivity index (χ0v) is 12.6. The first-order valence-electron chi connectivity index (χ1n) is 7.95. The smallest absolute Gasteiger partial charge is 0.00793 e. The molecule has 2 aliphatic rings. The van der Waals surface area contributed by atoms with Gasteiger partial charge >= 0.3 is 0 Å². The van der Waals surface area contributed by atoms with Crippen LogP contribution in [0.2, 0.25) is 0 Å². The number of hydrogen-bond donors (Lipinski definition) is 1. The van der Waals surface area contributed by atoms with Crippen molar-refractivity contribution in [1.29, 1.82) is 0 Å². The zero-order chi connectivity index (χ0) is 13.2. The third kappa shape index (κ3) is 3.71. The molecule has 3 unspecified atom stereocenters. The van der Waals surface area contributed by atoms with Gasteiger partial charge in [0.1, 0.15) is 0 Å². The van der Waals surface area contributed by atoms with E-state index in [1.165, 1.54) is 58.2 Å². The van der Waals surface area contributed by atoms with Gasteiger partial charge in [0, 0.05) is 19.1 Å². The highest BCUT2D eigenvalue weighted by Crippen LogP contribution is 2.34. The van der Waals surface area contributed by atoms with Gasteiger partial charge < -0.3 is 10.6 Å². The molecule has 1 aliphatic carbocycles. The van der Waals surface area contributed by atoms with E-state index in [9.17, 15) is 0 Å². The van der Waals surface area contributed by atoms with E-state index in [1.807, 2.05) is 0 Å². The standard InChI is InChI=1S/C16H32N2/c1-16(2,3)14-9-10-18(12-14)11-13-7-5-4-6-8-15(13)17/h13-15H,4-12,17H2,1-3H3. The summed E-state index contributed by atoms with van der Waals surface area (Å²) in [6, 6.07) is 0.459. The molecule has 1 saturated carbocycles. The topological polar surface area (TPSA) is 29.3 Å². The van der Waals surface area contributed by atoms with E-state index in [0.29, 0.717) is 11.5 Å². The second-order valence-electron chi connectivity index (χ2n) is 7.67. The first-order chi connectivity index (χ1) is 8.47. The lowest BCUT2D eigenvalue weighted by atomic mass is 9.80. The number of nitrogens with zero attached hydrogens (tertiary/aromatic N) is 1. The Bertz CT molecular complexity index is 256. The van der Waals surface area contributed by atoms with Crippen molar-refractivity contribution in [2.24, 2.45) is 23.0 Å². The molecular weight excluding hydrogens is 220 g/mol. The van der Waals surface area contributed by atoms with Crippen LogP contribution in [0.3, 0.4) is 0 Å². The van der Waals surface area contributed by atoms with Gasteiger partial charge in [0.15, 0.2) is 0 Å². The first-order valence-corrected chi connectivity index (χ1v) is 7.95. The monoisotopic (exact) mass is 252 g/mol. The summed E-state index contributed by atoms with van der Waals surface area (Å²) in [5.74, 6) is 1.63. The molecule has 0 bridgehead atoms. The fourth-order valence-electron chi connectivity index (χ4n) is 3.68. The lowest BCUT2D eigenvalue weighted by Gasteiger charge is -2.29. The largest absolute Gasteiger partial charge is 0.327 e. The molecule has 18 heavy (non-hydrogen) atoms. The van der Waals surface area contributed by atoms with Crippen LogP contribution in [0.4, 0.5) is 0 Å². The Morgan fingerprint density at radius 2 is 1.78 bits per heavy atom. The minimum Gasteiger partial charge on any atom is -0.327 e. The predicted octanol–water partition coefficient (Wildman–Crippen LogP) is 3.26. The third-order valence-corrected chi connectivity index (χ3v) is 5.21. The Labute approximate surface area is 113 Å². The number of rotatable bonds is 2. The number of hydrogen-bond acceptors (Lipinski definition) is 2. The van der Waals surface area contributed by atoms with Gasteiger partial charge in [-0.25, -0.2) is 0 Å². The second-order valence-corrected chi connectivity index (χ2v) is 7.67. The molecule has 0 aromatic carbocycles. The van der Waals surface area contributed by atoms with Crippen molar-refractivity contribution in [3.05, 3.63) is 0 Å². The van der Waals surface area contributed by atoms with E-state index < -0.39 is 0 Å². The molecule has 0 spiro atoms. The van der Waals surface area contributed by atoms with E-state index in [2.05, 4.69) is 25.7 Å². The summed E-state index contributed by atoms with van der Waals surface area (Å²) in [7, 11) is 0. The molecule has 1 aliphatic heterocycles. The quantitative estimate of drug-likeness (QED) is 0.764. The lowest BCUT2D eigenvalue weighted by Crippen LogP contribution is -2.38. The van der Waals surface area contributed by atoms with Crippen LogP contribution in [0.1, 0.15) is 59.3 Å². The van der Waals surface area contributed by atoms with Crippen LogP contribution in [-0.4, -0.2) is 30.6 Å². The van der Waals surface area contributed by atoms with Crippen molar-refractivity contribution in [2.45, 2.75) is 65.3 Å². The summed E-state index contributed by atoms with van der Waals surface area (Å²) in [6.07, 6.45) is 8.14. The Kier molecular flexibility index (Phi) is 4.71. The second kappa shape index (κ2) is 5.92. The van der Waals surface area contributed by atoms with Crippen molar-refractivity contribution < 1.29 is 0 Å². The lowest BCUT2D eigenvalue weighted by molar-refractivity contribution is 0.201. The van der Waals surface area contributed by atoms with Gasteiger partial charge in [-0.05, 0) is 43.1 Å². The number of nitrogens with two attached hydrogens (primary N) is 1. The Balaban J connectivity index is 1.83. The Morgan fingerprint density at radius 3 is 2.44 bits per heavy atom. The van der Waals surface area contributed by atoms with Gasteiger partial charge in [-0.15, -0.1) is 0 Å². The summed E-state index contributed by atoms with van der Waals surface area (Å²) in [4.78, 5) is 2.69. The molecule has 2 N–H and O–H groups in total. The highest BCUT2D eigenvalue weighted by Gasteiger charge is 2.33. The maximum atomic E-state index is 6.35. The molecule has 1 saturated heterocycles. The van der Waals surface area contributed by atoms with Crippen LogP contribution in [0.15, 0.2) is 0 Å². The van der Waals surface area contributed by atoms with Crippen molar-refractivity contribution in [3.63, 3.8) is 0 Å². The van der Waals surface area contributed by atoms with Crippen molar-refractivity contribution in [2.75, 3.05) is 19.6 Å². The maximum absolute atomic E-state index is 6.35. The Morgan fingerprint density at radius 1 is 1.06 bits per heavy atom. The molecule has 0 amide bonds. The average Bonchev–Trinajstić information content (AvgIpc) is 2.66. The van der Waals surface area contributed by atoms with Crippen LogP contribution >= 0.6 is 0 Å². The van der Waals surface area contributed by atoms with E-state index in [0.717, 1.165) is 11.8 Å². The summed E-state index contributed by atoms with van der Waals surface area (Å²) < 4.78 is 0. The highest BCUT2D eigenvalue weighted by atomic mass is 15.1. The SMILES string of the molecule is CC(C)(C)C1CCN(CC2CCCCCC2N)C1. The van der Waals surface area contributed by atoms with Crippen LogP contribution < -0.4 is 5.73 Å². The van der Waals surface area contributed by atoms with Crippen molar-refractivity contribution >= 4 is 0 Å². The summed E-state index contributed by atoms with van der Waals surface area (Å²) in [5, 5.41) is 0. The molecule has 0 radical (unpaired) electrons. The molecule has 1 heterocycles. The summed E-state index contributed by atoms with van der Waals surface area (Å²) in [6.45, 7) is 11.0. The van der Waals surface area contributed by atoms with E-state index in [4.69, 9.17) is 5.73 Å². The predicted molar refractivity (Wildman–Crippen MR) is 78.6 cm³/mol. The summed E-state index contributed by atoms with van der Waals surface area (Å²) >= 11 is 0. The molecule has 106 valence electrons. The average molecular weight is 252 g/mol. The fourth-order valence-corrected chi connectivity index (χ4v) is 3.68. The van der Waals surface area contributed by atoms with Crippen LogP contribution in [0.25, 0.3) is 0 Å². The normalized spacial score (nSPS) is 35.7. The fraction of sp³-hybridized carbons (Fsp3) is 1.00. The van der Waals surface area contributed by atoms with Gasteiger partial charge in [-0.1, -0.05) is 40.0 Å². The molecule has 0 aromatic heterocycles. The third-order valence-electron chi connectivity index (χ3n) is 5.21. The number of likely N-dealkylation sites (tertiary alicyclic amines) is 1. The molecule has 2 rings (SSSR count). The molecule has 0 aromatic rings. The zero-order valence-electron chi connectivity index (χ0n) is 12.6. The highest BCUT2D eigenvalue weighted by molar-refractivity contribution is 4.87. The van der Waals surface area contributed by atoms with Gasteiger partial charge in [-0.2, -0.15) is 0 Å². The molecule has 2 fully saturated rings. The van der Waals surface area contributed by atoms with Gasteiger partial charge in [0.2, 0.25) is 0 Å². The van der Waals surface area contributed by atoms with E-state index in [-0.39, 0.29) is 0 Å². The van der Waals surface area contributed by atoms with Gasteiger partial charge in [0.05, 0.1) is 0 Å². The molecule has 3 atom stereocenters. The Hall–Kier alpha value is -0.0800. The van der Waals surface area contributed by atoms with Gasteiger partial charge in [-0.3, -0.25) is 0 Å². The van der Waals surface area contributed by atoms with Crippen LogP contribution in [0.5, 0.6) is 0 Å². The van der Waals surface area contributed by atoms with Crippen molar-refractivity contribution in [1.82, 2.24) is 4.90 Å². The first kappa shape index (κ1) is 14.3. The molecule has 2 heteroatoms. The molecular formula is C16H32N2. The minimum absolute atomic E-state index is 0.459. The van der Waals surface area contributed by atoms with Crippen LogP contribution in [-0.2, 0) is 0 Å². The maximum Gasteiger partial charge on any atom is 0.00793 e.